The quantitative estimate of drug-likeness (QED) is 0.711. The Morgan fingerprint density at radius 1 is 1.36 bits per heavy atom. The third-order valence-electron chi connectivity index (χ3n) is 3.28. The van der Waals surface area contributed by atoms with Crippen LogP contribution in [0, 0.1) is 0 Å². The molecule has 2 N–H and O–H groups in total. The van der Waals surface area contributed by atoms with Crippen LogP contribution < -0.4 is 10.0 Å². The Morgan fingerprint density at radius 2 is 2.12 bits per heavy atom. The maximum atomic E-state index is 12.1. The molecule has 0 saturated carbocycles. The summed E-state index contributed by atoms with van der Waals surface area (Å²) in [5, 5.41) is 6.01. The Hall–Kier alpha value is -1.48. The van der Waals surface area contributed by atoms with E-state index in [1.807, 2.05) is 5.38 Å². The second-order valence-corrected chi connectivity index (χ2v) is 8.81. The van der Waals surface area contributed by atoms with Crippen LogP contribution in [0.5, 0.6) is 0 Å². The maximum absolute atomic E-state index is 12.1. The number of aromatic nitrogens is 1. The SMILES string of the molecule is CC(C)c1nc(CNC(=O)CCNS(=O)(=O)c2cccc(Cl)c2)cs1. The number of rotatable bonds is 8. The smallest absolute Gasteiger partial charge is 0.240 e. The number of hydrogen-bond donors (Lipinski definition) is 2. The summed E-state index contributed by atoms with van der Waals surface area (Å²) < 4.78 is 26.6. The highest BCUT2D eigenvalue weighted by atomic mass is 35.5. The van der Waals surface area contributed by atoms with Crippen LogP contribution in [0.4, 0.5) is 0 Å². The fraction of sp³-hybridized carbons (Fsp3) is 0.375. The van der Waals surface area contributed by atoms with Crippen molar-refractivity contribution < 1.29 is 13.2 Å². The van der Waals surface area contributed by atoms with Crippen LogP contribution in [0.2, 0.25) is 5.02 Å². The topological polar surface area (TPSA) is 88.2 Å². The zero-order chi connectivity index (χ0) is 18.4. The van der Waals surface area contributed by atoms with E-state index in [4.69, 9.17) is 11.6 Å². The summed E-state index contributed by atoms with van der Waals surface area (Å²) in [7, 11) is -3.68. The van der Waals surface area contributed by atoms with E-state index in [9.17, 15) is 13.2 Å². The Labute approximate surface area is 156 Å². The van der Waals surface area contributed by atoms with Crippen molar-refractivity contribution in [2.24, 2.45) is 0 Å². The predicted octanol–water partition coefficient (Wildman–Crippen LogP) is 2.90. The fourth-order valence-corrected chi connectivity index (χ4v) is 4.13. The van der Waals surface area contributed by atoms with Gasteiger partial charge in [-0.3, -0.25) is 4.79 Å². The van der Waals surface area contributed by atoms with Crippen molar-refractivity contribution in [1.29, 1.82) is 0 Å². The molecule has 6 nitrogen and oxygen atoms in total. The second kappa shape index (κ2) is 8.75. The summed E-state index contributed by atoms with van der Waals surface area (Å²) in [6.07, 6.45) is 0.0426. The number of hydrogen-bond acceptors (Lipinski definition) is 5. The van der Waals surface area contributed by atoms with Gasteiger partial charge < -0.3 is 5.32 Å². The fourth-order valence-electron chi connectivity index (χ4n) is 1.96. The number of sulfonamides is 1. The number of amides is 1. The monoisotopic (exact) mass is 401 g/mol. The average molecular weight is 402 g/mol. The van der Waals surface area contributed by atoms with Gasteiger partial charge in [-0.25, -0.2) is 18.1 Å². The summed E-state index contributed by atoms with van der Waals surface area (Å²) in [6.45, 7) is 4.47. The van der Waals surface area contributed by atoms with Gasteiger partial charge in [0.1, 0.15) is 0 Å². The Morgan fingerprint density at radius 3 is 2.76 bits per heavy atom. The molecule has 0 atom stereocenters. The Kier molecular flexibility index (Phi) is 6.95. The zero-order valence-electron chi connectivity index (χ0n) is 14.0. The summed E-state index contributed by atoms with van der Waals surface area (Å²) in [5.74, 6) is 0.114. The summed E-state index contributed by atoms with van der Waals surface area (Å²) in [6, 6.07) is 5.96. The highest BCUT2D eigenvalue weighted by Crippen LogP contribution is 2.19. The molecule has 2 aromatic rings. The molecule has 1 amide bonds. The third kappa shape index (κ3) is 6.07. The molecule has 2 rings (SSSR count). The number of halogens is 1. The zero-order valence-corrected chi connectivity index (χ0v) is 16.3. The van der Waals surface area contributed by atoms with Gasteiger partial charge in [0.25, 0.3) is 0 Å². The molecule has 0 bridgehead atoms. The molecule has 136 valence electrons. The van der Waals surface area contributed by atoms with Crippen molar-refractivity contribution in [3.05, 3.63) is 45.4 Å². The lowest BCUT2D eigenvalue weighted by atomic mass is 10.2. The molecule has 9 heteroatoms. The molecular formula is C16H20ClN3O3S2. The minimum absolute atomic E-state index is 0.00892. The van der Waals surface area contributed by atoms with Gasteiger partial charge in [0.05, 0.1) is 22.1 Å². The van der Waals surface area contributed by atoms with Crippen LogP contribution in [-0.2, 0) is 21.4 Å². The highest BCUT2D eigenvalue weighted by Gasteiger charge is 2.14. The number of thiazole rings is 1. The molecular weight excluding hydrogens is 382 g/mol. The van der Waals surface area contributed by atoms with Crippen molar-refractivity contribution in [2.45, 2.75) is 37.6 Å². The van der Waals surface area contributed by atoms with E-state index in [1.165, 1.54) is 12.1 Å². The van der Waals surface area contributed by atoms with Gasteiger partial charge in [0.2, 0.25) is 15.9 Å². The summed E-state index contributed by atoms with van der Waals surface area (Å²) >= 11 is 7.36. The first-order valence-corrected chi connectivity index (χ1v) is 10.5. The van der Waals surface area contributed by atoms with Crippen LogP contribution in [0.3, 0.4) is 0 Å². The van der Waals surface area contributed by atoms with Gasteiger partial charge in [-0.1, -0.05) is 31.5 Å². The van der Waals surface area contributed by atoms with Gasteiger partial charge in [-0.2, -0.15) is 0 Å². The lowest BCUT2D eigenvalue weighted by Gasteiger charge is -2.07. The van der Waals surface area contributed by atoms with Crippen molar-refractivity contribution in [3.63, 3.8) is 0 Å². The van der Waals surface area contributed by atoms with Gasteiger partial charge in [0, 0.05) is 29.3 Å². The molecule has 0 saturated heterocycles. The van der Waals surface area contributed by atoms with Crippen molar-refractivity contribution in [1.82, 2.24) is 15.0 Å². The third-order valence-corrected chi connectivity index (χ3v) is 6.17. The molecule has 0 aliphatic rings. The van der Waals surface area contributed by atoms with E-state index < -0.39 is 10.0 Å². The number of nitrogens with one attached hydrogen (secondary N) is 2. The summed E-state index contributed by atoms with van der Waals surface area (Å²) in [4.78, 5) is 16.3. The molecule has 0 radical (unpaired) electrons. The van der Waals surface area contributed by atoms with Gasteiger partial charge in [-0.05, 0) is 18.2 Å². The normalized spacial score (nSPS) is 11.7. The first-order valence-electron chi connectivity index (χ1n) is 7.74. The number of carbonyl (C=O) groups excluding carboxylic acids is 1. The van der Waals surface area contributed by atoms with Gasteiger partial charge in [-0.15, -0.1) is 11.3 Å². The van der Waals surface area contributed by atoms with Crippen LogP contribution in [0.25, 0.3) is 0 Å². The van der Waals surface area contributed by atoms with E-state index in [0.717, 1.165) is 10.7 Å². The van der Waals surface area contributed by atoms with E-state index in [1.54, 1.807) is 23.5 Å². The van der Waals surface area contributed by atoms with Gasteiger partial charge in [0.15, 0.2) is 0 Å². The standard InChI is InChI=1S/C16H20ClN3O3S2/c1-11(2)16-20-13(10-24-16)9-18-15(21)6-7-19-25(22,23)14-5-3-4-12(17)8-14/h3-5,8,10-11,19H,6-7,9H2,1-2H3,(H,18,21). The molecule has 0 unspecified atom stereocenters. The Bertz CT molecular complexity index is 835. The number of nitrogens with zero attached hydrogens (tertiary/aromatic N) is 1. The molecule has 0 aliphatic heterocycles. The predicted molar refractivity (Wildman–Crippen MR) is 99.3 cm³/mol. The molecule has 25 heavy (non-hydrogen) atoms. The average Bonchev–Trinajstić information content (AvgIpc) is 3.02. The summed E-state index contributed by atoms with van der Waals surface area (Å²) in [5.41, 5.74) is 0.807. The largest absolute Gasteiger partial charge is 0.350 e. The van der Waals surface area contributed by atoms with Crippen molar-refractivity contribution >= 4 is 38.9 Å². The minimum Gasteiger partial charge on any atom is -0.350 e. The van der Waals surface area contributed by atoms with Crippen molar-refractivity contribution in [3.8, 4) is 0 Å². The molecule has 0 aliphatic carbocycles. The Balaban J connectivity index is 1.78. The van der Waals surface area contributed by atoms with Crippen LogP contribution in [-0.4, -0.2) is 25.9 Å². The minimum atomic E-state index is -3.68. The van der Waals surface area contributed by atoms with Crippen LogP contribution >= 0.6 is 22.9 Å². The molecule has 1 heterocycles. The van der Waals surface area contributed by atoms with Crippen molar-refractivity contribution in [2.75, 3.05) is 6.54 Å². The van der Waals surface area contributed by atoms with Gasteiger partial charge >= 0.3 is 0 Å². The number of carbonyl (C=O) groups is 1. The highest BCUT2D eigenvalue weighted by molar-refractivity contribution is 7.89. The maximum Gasteiger partial charge on any atom is 0.240 e. The van der Waals surface area contributed by atoms with E-state index in [-0.39, 0.29) is 23.8 Å². The number of benzene rings is 1. The van der Waals surface area contributed by atoms with Crippen LogP contribution in [0.1, 0.15) is 36.9 Å². The van der Waals surface area contributed by atoms with Crippen LogP contribution in [0.15, 0.2) is 34.5 Å². The lowest BCUT2D eigenvalue weighted by molar-refractivity contribution is -0.121. The van der Waals surface area contributed by atoms with E-state index in [2.05, 4.69) is 28.9 Å². The lowest BCUT2D eigenvalue weighted by Crippen LogP contribution is -2.30. The first kappa shape index (κ1) is 19.8. The van der Waals surface area contributed by atoms with E-state index in [0.29, 0.717) is 17.5 Å². The first-order chi connectivity index (χ1) is 11.8. The molecule has 0 spiro atoms. The molecule has 1 aromatic carbocycles. The molecule has 1 aromatic heterocycles. The molecule has 0 fully saturated rings. The van der Waals surface area contributed by atoms with E-state index >= 15 is 0 Å². The second-order valence-electron chi connectivity index (χ2n) is 5.71.